The molecule has 3 rings (SSSR count). The molecule has 8 heteroatoms. The Kier molecular flexibility index (Phi) is 5.30. The number of aromatic nitrogens is 1. The summed E-state index contributed by atoms with van der Waals surface area (Å²) in [6, 6.07) is 10.9. The molecule has 2 aromatic carbocycles. The summed E-state index contributed by atoms with van der Waals surface area (Å²) in [6.45, 7) is 1.70. The van der Waals surface area contributed by atoms with Gasteiger partial charge in [0.25, 0.3) is 5.91 Å². The van der Waals surface area contributed by atoms with Crippen LogP contribution >= 0.6 is 0 Å². The van der Waals surface area contributed by atoms with E-state index >= 15 is 0 Å². The van der Waals surface area contributed by atoms with Gasteiger partial charge in [-0.05, 0) is 61.0 Å². The van der Waals surface area contributed by atoms with E-state index in [2.05, 4.69) is 10.3 Å². The fraction of sp³-hybridized carbons (Fsp3) is 0.100. The molecule has 0 aliphatic heterocycles. The molecule has 0 fully saturated rings. The van der Waals surface area contributed by atoms with Crippen LogP contribution in [-0.4, -0.2) is 10.9 Å². The molecule has 0 aliphatic rings. The molecule has 3 aromatic rings. The number of pyridine rings is 1. The van der Waals surface area contributed by atoms with Crippen LogP contribution < -0.4 is 10.1 Å². The standard InChI is InChI=1S/C20H14F4N2O2/c1-12-9-17(18(27)26-15-7-5-14(21)6-8-15)19(25-11-12)28-16-4-2-3-13(10-16)20(22,23)24/h2-11H,1H3,(H,26,27). The van der Waals surface area contributed by atoms with Gasteiger partial charge in [0.1, 0.15) is 17.1 Å². The topological polar surface area (TPSA) is 51.2 Å². The molecular weight excluding hydrogens is 376 g/mol. The van der Waals surface area contributed by atoms with E-state index in [1.165, 1.54) is 48.7 Å². The van der Waals surface area contributed by atoms with E-state index in [9.17, 15) is 22.4 Å². The van der Waals surface area contributed by atoms with Gasteiger partial charge in [-0.1, -0.05) is 6.07 Å². The number of anilines is 1. The maximum absolute atomic E-state index is 13.0. The van der Waals surface area contributed by atoms with Gasteiger partial charge in [-0.2, -0.15) is 13.2 Å². The van der Waals surface area contributed by atoms with E-state index in [0.717, 1.165) is 12.1 Å². The first kappa shape index (κ1) is 19.3. The predicted molar refractivity (Wildman–Crippen MR) is 94.8 cm³/mol. The van der Waals surface area contributed by atoms with Crippen LogP contribution in [0.25, 0.3) is 0 Å². The summed E-state index contributed by atoms with van der Waals surface area (Å²) in [5.41, 5.74) is 0.148. The summed E-state index contributed by atoms with van der Waals surface area (Å²) in [7, 11) is 0. The quantitative estimate of drug-likeness (QED) is 0.591. The van der Waals surface area contributed by atoms with Gasteiger partial charge in [0.2, 0.25) is 5.88 Å². The largest absolute Gasteiger partial charge is 0.438 e. The van der Waals surface area contributed by atoms with Crippen molar-refractivity contribution in [1.29, 1.82) is 0 Å². The lowest BCUT2D eigenvalue weighted by Crippen LogP contribution is -2.14. The molecule has 1 aromatic heterocycles. The number of carbonyl (C=O) groups excluding carboxylic acids is 1. The maximum atomic E-state index is 13.0. The van der Waals surface area contributed by atoms with Gasteiger partial charge in [-0.3, -0.25) is 4.79 Å². The molecule has 1 heterocycles. The number of hydrogen-bond donors (Lipinski definition) is 1. The third kappa shape index (κ3) is 4.64. The van der Waals surface area contributed by atoms with Crippen molar-refractivity contribution in [2.75, 3.05) is 5.32 Å². The number of carbonyl (C=O) groups is 1. The Morgan fingerprint density at radius 1 is 1.07 bits per heavy atom. The van der Waals surface area contributed by atoms with Crippen LogP contribution in [0.1, 0.15) is 21.5 Å². The van der Waals surface area contributed by atoms with Gasteiger partial charge in [0.15, 0.2) is 0 Å². The molecule has 0 radical (unpaired) electrons. The molecule has 28 heavy (non-hydrogen) atoms. The zero-order valence-electron chi connectivity index (χ0n) is 14.5. The molecule has 0 saturated carbocycles. The third-order valence-electron chi connectivity index (χ3n) is 3.71. The van der Waals surface area contributed by atoms with Crippen molar-refractivity contribution in [2.45, 2.75) is 13.1 Å². The van der Waals surface area contributed by atoms with Crippen LogP contribution in [-0.2, 0) is 6.18 Å². The van der Waals surface area contributed by atoms with Crippen LogP contribution in [0.3, 0.4) is 0 Å². The number of ether oxygens (including phenoxy) is 1. The first-order chi connectivity index (χ1) is 13.2. The van der Waals surface area contributed by atoms with Crippen molar-refractivity contribution < 1.29 is 27.1 Å². The molecule has 144 valence electrons. The molecule has 0 bridgehead atoms. The Morgan fingerprint density at radius 2 is 1.79 bits per heavy atom. The minimum atomic E-state index is -4.52. The molecule has 1 amide bonds. The minimum absolute atomic E-state index is 0.0294. The average Bonchev–Trinajstić information content (AvgIpc) is 2.64. The summed E-state index contributed by atoms with van der Waals surface area (Å²) >= 11 is 0. The fourth-order valence-electron chi connectivity index (χ4n) is 2.38. The lowest BCUT2D eigenvalue weighted by molar-refractivity contribution is -0.137. The zero-order chi connectivity index (χ0) is 20.3. The Bertz CT molecular complexity index is 1000. The van der Waals surface area contributed by atoms with Crippen molar-refractivity contribution in [2.24, 2.45) is 0 Å². The summed E-state index contributed by atoms with van der Waals surface area (Å²) in [5, 5.41) is 2.57. The number of amides is 1. The summed E-state index contributed by atoms with van der Waals surface area (Å²) < 4.78 is 57.1. The maximum Gasteiger partial charge on any atom is 0.416 e. The van der Waals surface area contributed by atoms with Gasteiger partial charge in [-0.15, -0.1) is 0 Å². The second kappa shape index (κ2) is 7.67. The molecule has 0 aliphatic carbocycles. The van der Waals surface area contributed by atoms with Gasteiger partial charge in [0, 0.05) is 11.9 Å². The number of rotatable bonds is 4. The Balaban J connectivity index is 1.88. The first-order valence-electron chi connectivity index (χ1n) is 8.11. The van der Waals surface area contributed by atoms with Crippen molar-refractivity contribution in [3.63, 3.8) is 0 Å². The number of hydrogen-bond acceptors (Lipinski definition) is 3. The average molecular weight is 390 g/mol. The number of alkyl halides is 3. The molecule has 4 nitrogen and oxygen atoms in total. The molecule has 1 N–H and O–H groups in total. The zero-order valence-corrected chi connectivity index (χ0v) is 14.5. The smallest absolute Gasteiger partial charge is 0.416 e. The SMILES string of the molecule is Cc1cnc(Oc2cccc(C(F)(F)F)c2)c(C(=O)Nc2ccc(F)cc2)c1. The summed E-state index contributed by atoms with van der Waals surface area (Å²) in [6.07, 6.45) is -3.10. The lowest BCUT2D eigenvalue weighted by atomic mass is 10.2. The van der Waals surface area contributed by atoms with Gasteiger partial charge in [-0.25, -0.2) is 9.37 Å². The van der Waals surface area contributed by atoms with Crippen molar-refractivity contribution in [3.05, 3.63) is 83.3 Å². The van der Waals surface area contributed by atoms with E-state index in [1.54, 1.807) is 6.92 Å². The van der Waals surface area contributed by atoms with E-state index in [1.807, 2.05) is 0 Å². The Labute approximate surface area is 157 Å². The highest BCUT2D eigenvalue weighted by Crippen LogP contribution is 2.33. The van der Waals surface area contributed by atoms with Crippen molar-refractivity contribution in [3.8, 4) is 11.6 Å². The third-order valence-corrected chi connectivity index (χ3v) is 3.71. The van der Waals surface area contributed by atoms with Gasteiger partial charge < -0.3 is 10.1 Å². The first-order valence-corrected chi connectivity index (χ1v) is 8.11. The van der Waals surface area contributed by atoms with Crippen LogP contribution in [0.2, 0.25) is 0 Å². The van der Waals surface area contributed by atoms with Crippen LogP contribution in [0, 0.1) is 12.7 Å². The molecular formula is C20H14F4N2O2. The van der Waals surface area contributed by atoms with Gasteiger partial charge in [0.05, 0.1) is 5.56 Å². The highest BCUT2D eigenvalue weighted by molar-refractivity contribution is 6.06. The van der Waals surface area contributed by atoms with Crippen LogP contribution in [0.4, 0.5) is 23.2 Å². The number of nitrogens with one attached hydrogen (secondary N) is 1. The number of aryl methyl sites for hydroxylation is 1. The van der Waals surface area contributed by atoms with E-state index in [0.29, 0.717) is 11.3 Å². The second-order valence-electron chi connectivity index (χ2n) is 5.95. The summed E-state index contributed by atoms with van der Waals surface area (Å²) in [5.74, 6) is -1.31. The van der Waals surface area contributed by atoms with E-state index in [-0.39, 0.29) is 17.2 Å². The van der Waals surface area contributed by atoms with Crippen LogP contribution in [0.15, 0.2) is 60.8 Å². The van der Waals surface area contributed by atoms with Crippen molar-refractivity contribution in [1.82, 2.24) is 4.98 Å². The number of nitrogens with zero attached hydrogens (tertiary/aromatic N) is 1. The molecule has 0 saturated heterocycles. The van der Waals surface area contributed by atoms with Crippen molar-refractivity contribution >= 4 is 11.6 Å². The van der Waals surface area contributed by atoms with Gasteiger partial charge >= 0.3 is 6.18 Å². The second-order valence-corrected chi connectivity index (χ2v) is 5.95. The Morgan fingerprint density at radius 3 is 2.46 bits per heavy atom. The molecule has 0 atom stereocenters. The monoisotopic (exact) mass is 390 g/mol. The fourth-order valence-corrected chi connectivity index (χ4v) is 2.38. The highest BCUT2D eigenvalue weighted by atomic mass is 19.4. The van der Waals surface area contributed by atoms with E-state index in [4.69, 9.17) is 4.74 Å². The molecule has 0 unspecified atom stereocenters. The highest BCUT2D eigenvalue weighted by Gasteiger charge is 2.30. The normalized spacial score (nSPS) is 11.2. The number of benzene rings is 2. The minimum Gasteiger partial charge on any atom is -0.438 e. The van der Waals surface area contributed by atoms with E-state index < -0.39 is 23.5 Å². The lowest BCUT2D eigenvalue weighted by Gasteiger charge is -2.13. The Hall–Kier alpha value is -3.42. The molecule has 0 spiro atoms. The predicted octanol–water partition coefficient (Wildman–Crippen LogP) is 5.59. The number of halogens is 4. The van der Waals surface area contributed by atoms with Crippen LogP contribution in [0.5, 0.6) is 11.6 Å². The summed E-state index contributed by atoms with van der Waals surface area (Å²) in [4.78, 5) is 16.6.